The van der Waals surface area contributed by atoms with Gasteiger partial charge in [0, 0.05) is 13.1 Å². The molecule has 2 aromatic carbocycles. The van der Waals surface area contributed by atoms with Crippen LogP contribution in [-0.4, -0.2) is 29.1 Å². The molecule has 1 amide bonds. The van der Waals surface area contributed by atoms with Gasteiger partial charge in [0.1, 0.15) is 6.61 Å². The first-order chi connectivity index (χ1) is 11.2. The quantitative estimate of drug-likeness (QED) is 0.944. The fourth-order valence-electron chi connectivity index (χ4n) is 2.86. The van der Waals surface area contributed by atoms with Crippen molar-refractivity contribution >= 4 is 5.91 Å². The van der Waals surface area contributed by atoms with Gasteiger partial charge in [0.25, 0.3) is 0 Å². The Morgan fingerprint density at radius 2 is 1.87 bits per heavy atom. The van der Waals surface area contributed by atoms with Crippen molar-refractivity contribution in [3.63, 3.8) is 0 Å². The third-order valence-electron chi connectivity index (χ3n) is 4.14. The number of aliphatic hydroxyl groups is 1. The van der Waals surface area contributed by atoms with Crippen LogP contribution in [0.15, 0.2) is 54.6 Å². The Balaban J connectivity index is 1.58. The molecule has 2 aromatic rings. The Hall–Kier alpha value is -2.17. The number of carbonyl (C=O) groups is 1. The second-order valence-corrected chi connectivity index (χ2v) is 5.80. The van der Waals surface area contributed by atoms with Crippen LogP contribution in [0.2, 0.25) is 0 Å². The van der Waals surface area contributed by atoms with Gasteiger partial charge in [-0.3, -0.25) is 4.79 Å². The number of aliphatic hydroxyl groups excluding tert-OH is 1. The van der Waals surface area contributed by atoms with Crippen LogP contribution < -0.4 is 0 Å². The Bertz CT molecular complexity index is 657. The summed E-state index contributed by atoms with van der Waals surface area (Å²) in [4.78, 5) is 14.1. The van der Waals surface area contributed by atoms with Gasteiger partial charge in [-0.05, 0) is 23.1 Å². The van der Waals surface area contributed by atoms with E-state index in [9.17, 15) is 9.90 Å². The highest BCUT2D eigenvalue weighted by atomic mass is 16.5. The van der Waals surface area contributed by atoms with Gasteiger partial charge in [-0.25, -0.2) is 0 Å². The van der Waals surface area contributed by atoms with E-state index in [1.165, 1.54) is 0 Å². The fraction of sp³-hybridized carbons (Fsp3) is 0.316. The van der Waals surface area contributed by atoms with Crippen molar-refractivity contribution in [3.8, 4) is 0 Å². The van der Waals surface area contributed by atoms with Gasteiger partial charge in [-0.2, -0.15) is 0 Å². The number of hydrogen-bond acceptors (Lipinski definition) is 3. The van der Waals surface area contributed by atoms with Crippen molar-refractivity contribution in [2.24, 2.45) is 0 Å². The summed E-state index contributed by atoms with van der Waals surface area (Å²) in [7, 11) is 0. The van der Waals surface area contributed by atoms with Gasteiger partial charge in [0.05, 0.1) is 12.7 Å². The van der Waals surface area contributed by atoms with Crippen molar-refractivity contribution in [1.82, 2.24) is 4.90 Å². The van der Waals surface area contributed by atoms with Gasteiger partial charge in [0.15, 0.2) is 0 Å². The molecule has 1 atom stereocenters. The maximum absolute atomic E-state index is 12.4. The largest absolute Gasteiger partial charge is 0.388 e. The van der Waals surface area contributed by atoms with E-state index in [2.05, 4.69) is 0 Å². The molecule has 1 aliphatic heterocycles. The zero-order valence-corrected chi connectivity index (χ0v) is 13.0. The van der Waals surface area contributed by atoms with Crippen LogP contribution >= 0.6 is 0 Å². The Morgan fingerprint density at radius 3 is 2.70 bits per heavy atom. The number of ether oxygens (including phenoxy) is 1. The molecule has 0 saturated carbocycles. The van der Waals surface area contributed by atoms with Crippen LogP contribution in [0.4, 0.5) is 0 Å². The van der Waals surface area contributed by atoms with Crippen LogP contribution in [0.25, 0.3) is 0 Å². The van der Waals surface area contributed by atoms with E-state index < -0.39 is 6.10 Å². The highest BCUT2D eigenvalue weighted by Crippen LogP contribution is 2.26. The van der Waals surface area contributed by atoms with Gasteiger partial charge >= 0.3 is 0 Å². The van der Waals surface area contributed by atoms with Crippen LogP contribution in [0.1, 0.15) is 29.2 Å². The Labute approximate surface area is 136 Å². The third kappa shape index (κ3) is 3.97. The molecule has 1 aliphatic rings. The molecule has 23 heavy (non-hydrogen) atoms. The molecule has 1 unspecified atom stereocenters. The molecule has 4 heteroatoms. The smallest absolute Gasteiger partial charge is 0.248 e. The predicted molar refractivity (Wildman–Crippen MR) is 87.5 cm³/mol. The number of hydrogen-bond donors (Lipinski definition) is 1. The van der Waals surface area contributed by atoms with Crippen molar-refractivity contribution in [2.45, 2.75) is 25.7 Å². The summed E-state index contributed by atoms with van der Waals surface area (Å²) in [5.41, 5.74) is 2.99. The second-order valence-electron chi connectivity index (χ2n) is 5.80. The van der Waals surface area contributed by atoms with E-state index in [1.54, 1.807) is 4.90 Å². The first kappa shape index (κ1) is 15.7. The number of nitrogens with zero attached hydrogens (tertiary/aromatic N) is 1. The lowest BCUT2D eigenvalue weighted by Crippen LogP contribution is -2.33. The van der Waals surface area contributed by atoms with Crippen LogP contribution in [-0.2, 0) is 22.7 Å². The predicted octanol–water partition coefficient (Wildman–Crippen LogP) is 2.67. The normalized spacial score (nSPS) is 17.4. The minimum Gasteiger partial charge on any atom is -0.388 e. The molecule has 0 radical (unpaired) electrons. The highest BCUT2D eigenvalue weighted by molar-refractivity contribution is 5.77. The maximum atomic E-state index is 12.4. The summed E-state index contributed by atoms with van der Waals surface area (Å²) in [5.74, 6) is -0.0372. The lowest BCUT2D eigenvalue weighted by molar-refractivity contribution is -0.137. The summed E-state index contributed by atoms with van der Waals surface area (Å²) in [6.45, 7) is 1.57. The summed E-state index contributed by atoms with van der Waals surface area (Å²) in [6.07, 6.45) is 0.0516. The van der Waals surface area contributed by atoms with Crippen LogP contribution in [0.3, 0.4) is 0 Å². The minimum absolute atomic E-state index is 0.0372. The van der Waals surface area contributed by atoms with E-state index in [0.717, 1.165) is 16.7 Å². The summed E-state index contributed by atoms with van der Waals surface area (Å²) < 4.78 is 5.54. The highest BCUT2D eigenvalue weighted by Gasteiger charge is 2.23. The number of amides is 1. The van der Waals surface area contributed by atoms with Crippen molar-refractivity contribution in [1.29, 1.82) is 0 Å². The average molecular weight is 311 g/mol. The first-order valence-corrected chi connectivity index (χ1v) is 7.89. The Kier molecular flexibility index (Phi) is 5.05. The third-order valence-corrected chi connectivity index (χ3v) is 4.14. The molecule has 0 aliphatic carbocycles. The zero-order valence-electron chi connectivity index (χ0n) is 13.0. The molecular formula is C19H21NO3. The molecule has 4 nitrogen and oxygen atoms in total. The summed E-state index contributed by atoms with van der Waals surface area (Å²) >= 11 is 0. The van der Waals surface area contributed by atoms with Gasteiger partial charge in [0.2, 0.25) is 5.91 Å². The molecular weight excluding hydrogens is 290 g/mol. The van der Waals surface area contributed by atoms with Gasteiger partial charge < -0.3 is 14.7 Å². The minimum atomic E-state index is -0.505. The lowest BCUT2D eigenvalue weighted by Gasteiger charge is -2.20. The number of fused-ring (bicyclic) bond motifs is 1. The van der Waals surface area contributed by atoms with Crippen molar-refractivity contribution in [2.75, 3.05) is 13.2 Å². The van der Waals surface area contributed by atoms with E-state index in [-0.39, 0.29) is 12.5 Å². The average Bonchev–Trinajstić information content (AvgIpc) is 2.75. The molecule has 1 N–H and O–H groups in total. The molecule has 1 heterocycles. The summed E-state index contributed by atoms with van der Waals surface area (Å²) in [6, 6.07) is 17.6. The van der Waals surface area contributed by atoms with Gasteiger partial charge in [-0.15, -0.1) is 0 Å². The molecule has 0 bridgehead atoms. The fourth-order valence-corrected chi connectivity index (χ4v) is 2.86. The SMILES string of the molecule is O=C(COCc1ccccc1)N1CCC(O)c2ccccc2C1. The lowest BCUT2D eigenvalue weighted by atomic mass is 10.0. The molecule has 0 saturated heterocycles. The zero-order chi connectivity index (χ0) is 16.1. The monoisotopic (exact) mass is 311 g/mol. The topological polar surface area (TPSA) is 49.8 Å². The van der Waals surface area contributed by atoms with E-state index in [0.29, 0.717) is 26.1 Å². The maximum Gasteiger partial charge on any atom is 0.248 e. The van der Waals surface area contributed by atoms with E-state index in [4.69, 9.17) is 4.74 Å². The molecule has 0 fully saturated rings. The van der Waals surface area contributed by atoms with Crippen LogP contribution in [0.5, 0.6) is 0 Å². The van der Waals surface area contributed by atoms with E-state index >= 15 is 0 Å². The summed E-state index contributed by atoms with van der Waals surface area (Å²) in [5, 5.41) is 10.2. The number of rotatable bonds is 4. The van der Waals surface area contributed by atoms with Gasteiger partial charge in [-0.1, -0.05) is 54.6 Å². The molecule has 3 rings (SSSR count). The number of benzene rings is 2. The second kappa shape index (κ2) is 7.40. The van der Waals surface area contributed by atoms with Crippen molar-refractivity contribution < 1.29 is 14.6 Å². The van der Waals surface area contributed by atoms with Crippen molar-refractivity contribution in [3.05, 3.63) is 71.3 Å². The van der Waals surface area contributed by atoms with E-state index in [1.807, 2.05) is 54.6 Å². The number of carbonyl (C=O) groups excluding carboxylic acids is 1. The van der Waals surface area contributed by atoms with Crippen LogP contribution in [0, 0.1) is 0 Å². The molecule has 0 aromatic heterocycles. The molecule has 120 valence electrons. The first-order valence-electron chi connectivity index (χ1n) is 7.89. The molecule has 0 spiro atoms. The Morgan fingerprint density at radius 1 is 1.13 bits per heavy atom. The standard InChI is InChI=1S/C19H21NO3/c21-18-10-11-20(12-16-8-4-5-9-17(16)18)19(22)14-23-13-15-6-2-1-3-7-15/h1-9,18,21H,10-14H2.